The second-order valence-corrected chi connectivity index (χ2v) is 2.47. The molecule has 76 valence electrons. The van der Waals surface area contributed by atoms with Crippen LogP contribution in [0.2, 0.25) is 0 Å². The molecule has 0 fully saturated rings. The lowest BCUT2D eigenvalue weighted by Crippen LogP contribution is -2.26. The highest BCUT2D eigenvalue weighted by molar-refractivity contribution is 5.79. The van der Waals surface area contributed by atoms with Gasteiger partial charge in [-0.2, -0.15) is 0 Å². The lowest BCUT2D eigenvalue weighted by molar-refractivity contribution is -0.118. The first-order chi connectivity index (χ1) is 6.76. The van der Waals surface area contributed by atoms with Gasteiger partial charge < -0.3 is 15.4 Å². The zero-order valence-corrected chi connectivity index (χ0v) is 8.07. The number of rotatable bonds is 4. The number of likely N-dealkylation sites (N-methyl/N-ethyl adjacent to an activating group) is 1. The van der Waals surface area contributed by atoms with Crippen molar-refractivity contribution in [2.45, 2.75) is 0 Å². The van der Waals surface area contributed by atoms with E-state index in [2.05, 4.69) is 20.6 Å². The highest BCUT2D eigenvalue weighted by atomic mass is 16.5. The molecule has 1 aromatic heterocycles. The molecule has 14 heavy (non-hydrogen) atoms. The molecular formula is C8H12N4O2. The van der Waals surface area contributed by atoms with Crippen LogP contribution >= 0.6 is 0 Å². The van der Waals surface area contributed by atoms with Crippen LogP contribution in [-0.4, -0.2) is 36.6 Å². The summed E-state index contributed by atoms with van der Waals surface area (Å²) in [6.45, 7) is 0.156. The van der Waals surface area contributed by atoms with Gasteiger partial charge in [0.1, 0.15) is 0 Å². The smallest absolute Gasteiger partial charge is 0.239 e. The van der Waals surface area contributed by atoms with E-state index in [9.17, 15) is 4.79 Å². The average Bonchev–Trinajstić information content (AvgIpc) is 2.26. The normalized spacial score (nSPS) is 9.29. The second-order valence-electron chi connectivity index (χ2n) is 2.47. The van der Waals surface area contributed by atoms with Crippen LogP contribution in [0.15, 0.2) is 12.4 Å². The van der Waals surface area contributed by atoms with Crippen molar-refractivity contribution < 1.29 is 9.53 Å². The summed E-state index contributed by atoms with van der Waals surface area (Å²) in [6, 6.07) is 0. The van der Waals surface area contributed by atoms with Gasteiger partial charge in [-0.1, -0.05) is 0 Å². The largest absolute Gasteiger partial charge is 0.494 e. The molecule has 0 bridgehead atoms. The van der Waals surface area contributed by atoms with Crippen LogP contribution in [-0.2, 0) is 4.79 Å². The minimum Gasteiger partial charge on any atom is -0.494 e. The van der Waals surface area contributed by atoms with E-state index >= 15 is 0 Å². The molecule has 0 aliphatic heterocycles. The van der Waals surface area contributed by atoms with Crippen LogP contribution < -0.4 is 15.4 Å². The van der Waals surface area contributed by atoms with Crippen LogP contribution in [0.5, 0.6) is 5.75 Å². The average molecular weight is 196 g/mol. The monoisotopic (exact) mass is 196 g/mol. The Hall–Kier alpha value is -1.85. The number of nitrogens with zero attached hydrogens (tertiary/aromatic N) is 2. The molecule has 0 radical (unpaired) electrons. The number of carbonyl (C=O) groups excluding carboxylic acids is 1. The molecule has 0 aliphatic rings. The van der Waals surface area contributed by atoms with Gasteiger partial charge in [0.15, 0.2) is 5.75 Å². The summed E-state index contributed by atoms with van der Waals surface area (Å²) in [5.74, 6) is 0.856. The predicted molar refractivity (Wildman–Crippen MR) is 51.1 cm³/mol. The van der Waals surface area contributed by atoms with Gasteiger partial charge in [-0.3, -0.25) is 4.79 Å². The Labute approximate surface area is 81.7 Å². The van der Waals surface area contributed by atoms with Gasteiger partial charge in [-0.15, -0.1) is 0 Å². The Bertz CT molecular complexity index is 299. The number of nitrogens with one attached hydrogen (secondary N) is 2. The minimum absolute atomic E-state index is 0.121. The third kappa shape index (κ3) is 2.89. The molecular weight excluding hydrogens is 184 g/mol. The first-order valence-corrected chi connectivity index (χ1v) is 4.06. The molecule has 0 saturated carbocycles. The molecule has 6 heteroatoms. The molecule has 1 rings (SSSR count). The fourth-order valence-electron chi connectivity index (χ4n) is 0.761. The van der Waals surface area contributed by atoms with Crippen molar-refractivity contribution >= 4 is 11.9 Å². The van der Waals surface area contributed by atoms with E-state index in [-0.39, 0.29) is 12.5 Å². The number of hydrogen-bond donors (Lipinski definition) is 2. The SMILES string of the molecule is CNC(=O)CNc1ncc(OC)cn1. The first-order valence-electron chi connectivity index (χ1n) is 4.06. The Balaban J connectivity index is 2.47. The number of carbonyl (C=O) groups is 1. The fraction of sp³-hybridized carbons (Fsp3) is 0.375. The number of methoxy groups -OCH3 is 1. The van der Waals surface area contributed by atoms with E-state index in [1.54, 1.807) is 7.05 Å². The molecule has 2 N–H and O–H groups in total. The maximum atomic E-state index is 10.9. The second kappa shape index (κ2) is 5.00. The summed E-state index contributed by atoms with van der Waals surface area (Å²) in [5, 5.41) is 5.23. The third-order valence-electron chi connectivity index (χ3n) is 1.55. The van der Waals surface area contributed by atoms with Gasteiger partial charge in [0, 0.05) is 7.05 Å². The zero-order chi connectivity index (χ0) is 10.4. The molecule has 1 amide bonds. The standard InChI is InChI=1S/C8H12N4O2/c1-9-7(13)5-12-8-10-3-6(14-2)4-11-8/h3-4H,5H2,1-2H3,(H,9,13)(H,10,11,12). The van der Waals surface area contributed by atoms with Crippen LogP contribution in [0.3, 0.4) is 0 Å². The summed E-state index contributed by atoms with van der Waals surface area (Å²) in [7, 11) is 3.11. The Morgan fingerprint density at radius 1 is 1.50 bits per heavy atom. The molecule has 0 aromatic carbocycles. The van der Waals surface area contributed by atoms with Crippen molar-refractivity contribution in [3.8, 4) is 5.75 Å². The Morgan fingerprint density at radius 2 is 2.14 bits per heavy atom. The molecule has 0 unspecified atom stereocenters. The third-order valence-corrected chi connectivity index (χ3v) is 1.55. The van der Waals surface area contributed by atoms with Crippen molar-refractivity contribution in [2.75, 3.05) is 26.0 Å². The summed E-state index contributed by atoms with van der Waals surface area (Å²) >= 11 is 0. The van der Waals surface area contributed by atoms with Gasteiger partial charge in [0.25, 0.3) is 0 Å². The minimum atomic E-state index is -0.121. The van der Waals surface area contributed by atoms with Crippen molar-refractivity contribution in [1.82, 2.24) is 15.3 Å². The molecule has 6 nitrogen and oxygen atoms in total. The molecule has 1 aromatic rings. The lowest BCUT2D eigenvalue weighted by atomic mass is 10.5. The van der Waals surface area contributed by atoms with E-state index < -0.39 is 0 Å². The summed E-state index contributed by atoms with van der Waals surface area (Å²) < 4.78 is 4.88. The number of hydrogen-bond acceptors (Lipinski definition) is 5. The van der Waals surface area contributed by atoms with Crippen molar-refractivity contribution in [3.63, 3.8) is 0 Å². The van der Waals surface area contributed by atoms with Gasteiger partial charge >= 0.3 is 0 Å². The molecule has 0 saturated heterocycles. The van der Waals surface area contributed by atoms with Gasteiger partial charge in [0.05, 0.1) is 26.0 Å². The molecule has 0 spiro atoms. The quantitative estimate of drug-likeness (QED) is 0.688. The molecule has 0 aliphatic carbocycles. The van der Waals surface area contributed by atoms with Crippen LogP contribution in [0.4, 0.5) is 5.95 Å². The van der Waals surface area contributed by atoms with Crippen molar-refractivity contribution in [3.05, 3.63) is 12.4 Å². The van der Waals surface area contributed by atoms with E-state index in [1.807, 2.05) is 0 Å². The topological polar surface area (TPSA) is 76.1 Å². The Kier molecular flexibility index (Phi) is 3.66. The Morgan fingerprint density at radius 3 is 2.64 bits per heavy atom. The predicted octanol–water partition coefficient (Wildman–Crippen LogP) is -0.357. The zero-order valence-electron chi connectivity index (χ0n) is 8.07. The van der Waals surface area contributed by atoms with E-state index in [0.29, 0.717) is 11.7 Å². The van der Waals surface area contributed by atoms with Crippen molar-refractivity contribution in [1.29, 1.82) is 0 Å². The molecule has 1 heterocycles. The van der Waals surface area contributed by atoms with E-state index in [1.165, 1.54) is 19.5 Å². The number of amides is 1. The highest BCUT2D eigenvalue weighted by Gasteiger charge is 1.99. The van der Waals surface area contributed by atoms with Crippen LogP contribution in [0.25, 0.3) is 0 Å². The van der Waals surface area contributed by atoms with Crippen molar-refractivity contribution in [2.24, 2.45) is 0 Å². The van der Waals surface area contributed by atoms with Gasteiger partial charge in [0.2, 0.25) is 11.9 Å². The maximum absolute atomic E-state index is 10.9. The lowest BCUT2D eigenvalue weighted by Gasteiger charge is -2.03. The van der Waals surface area contributed by atoms with Gasteiger partial charge in [-0.25, -0.2) is 9.97 Å². The number of aromatic nitrogens is 2. The van der Waals surface area contributed by atoms with Gasteiger partial charge in [-0.05, 0) is 0 Å². The maximum Gasteiger partial charge on any atom is 0.239 e. The first kappa shape index (κ1) is 10.2. The summed E-state index contributed by atoms with van der Waals surface area (Å²) in [4.78, 5) is 18.7. The fourth-order valence-corrected chi connectivity index (χ4v) is 0.761. The van der Waals surface area contributed by atoms with E-state index in [4.69, 9.17) is 4.74 Å². The van der Waals surface area contributed by atoms with Crippen LogP contribution in [0.1, 0.15) is 0 Å². The number of ether oxygens (including phenoxy) is 1. The van der Waals surface area contributed by atoms with Crippen LogP contribution in [0, 0.1) is 0 Å². The summed E-state index contributed by atoms with van der Waals surface area (Å²) in [6.07, 6.45) is 3.05. The highest BCUT2D eigenvalue weighted by Crippen LogP contribution is 2.06. The molecule has 0 atom stereocenters. The summed E-state index contributed by atoms with van der Waals surface area (Å²) in [5.41, 5.74) is 0. The number of anilines is 1. The van der Waals surface area contributed by atoms with E-state index in [0.717, 1.165) is 0 Å².